The standard InChI is InChI=1S/C24H28N2O/c1-2-24(16-9-8-13-21-12-6-7-14-22(21)25)17-15-23(27)26(19-24)18-20-10-4-3-5-11-20/h3-7,10-12,14H,2,9,15-19,25H2,1H3. The number of carbonyl (C=O) groups is 1. The third kappa shape index (κ3) is 4.92. The van der Waals surface area contributed by atoms with Crippen LogP contribution in [0.1, 0.15) is 50.2 Å². The molecule has 1 amide bonds. The summed E-state index contributed by atoms with van der Waals surface area (Å²) in [4.78, 5) is 14.5. The smallest absolute Gasteiger partial charge is 0.222 e. The van der Waals surface area contributed by atoms with Crippen LogP contribution in [-0.4, -0.2) is 17.4 Å². The van der Waals surface area contributed by atoms with E-state index < -0.39 is 0 Å². The molecule has 1 atom stereocenters. The molecule has 0 radical (unpaired) electrons. The van der Waals surface area contributed by atoms with Crippen molar-refractivity contribution >= 4 is 11.6 Å². The Morgan fingerprint density at radius 3 is 2.59 bits per heavy atom. The Balaban J connectivity index is 1.64. The Hall–Kier alpha value is -2.73. The number of nitrogen functional groups attached to an aromatic ring is 1. The summed E-state index contributed by atoms with van der Waals surface area (Å²) in [7, 11) is 0. The van der Waals surface area contributed by atoms with Gasteiger partial charge in [-0.05, 0) is 42.4 Å². The van der Waals surface area contributed by atoms with Crippen molar-refractivity contribution in [3.63, 3.8) is 0 Å². The zero-order valence-electron chi connectivity index (χ0n) is 16.1. The average molecular weight is 361 g/mol. The Morgan fingerprint density at radius 1 is 1.11 bits per heavy atom. The highest BCUT2D eigenvalue weighted by molar-refractivity contribution is 5.77. The van der Waals surface area contributed by atoms with Crippen LogP contribution < -0.4 is 5.73 Å². The lowest BCUT2D eigenvalue weighted by molar-refractivity contribution is -0.138. The SMILES string of the molecule is CCC1(CCC#Cc2ccccc2N)CCC(=O)N(Cc2ccccc2)C1. The number of likely N-dealkylation sites (tertiary alicyclic amines) is 1. The van der Waals surface area contributed by atoms with E-state index in [1.807, 2.05) is 47.4 Å². The van der Waals surface area contributed by atoms with E-state index in [0.717, 1.165) is 43.5 Å². The van der Waals surface area contributed by atoms with Gasteiger partial charge in [0.25, 0.3) is 0 Å². The fourth-order valence-electron chi connectivity index (χ4n) is 3.82. The molecular weight excluding hydrogens is 332 g/mol. The summed E-state index contributed by atoms with van der Waals surface area (Å²) in [6, 6.07) is 18.0. The van der Waals surface area contributed by atoms with Crippen LogP contribution in [0.15, 0.2) is 54.6 Å². The minimum absolute atomic E-state index is 0.166. The van der Waals surface area contributed by atoms with E-state index in [1.54, 1.807) is 0 Å². The van der Waals surface area contributed by atoms with Crippen LogP contribution in [0.4, 0.5) is 5.69 Å². The van der Waals surface area contributed by atoms with Gasteiger partial charge in [0.15, 0.2) is 0 Å². The molecule has 0 aromatic heterocycles. The van der Waals surface area contributed by atoms with Crippen molar-refractivity contribution in [1.29, 1.82) is 0 Å². The van der Waals surface area contributed by atoms with Crippen molar-refractivity contribution < 1.29 is 4.79 Å². The van der Waals surface area contributed by atoms with Crippen molar-refractivity contribution in [3.05, 3.63) is 65.7 Å². The first kappa shape index (κ1) is 19.0. The first-order valence-electron chi connectivity index (χ1n) is 9.77. The van der Waals surface area contributed by atoms with Gasteiger partial charge in [-0.3, -0.25) is 4.79 Å². The Bertz CT molecular complexity index is 834. The van der Waals surface area contributed by atoms with Gasteiger partial charge < -0.3 is 10.6 Å². The van der Waals surface area contributed by atoms with E-state index in [-0.39, 0.29) is 11.3 Å². The van der Waals surface area contributed by atoms with Crippen LogP contribution in [0.5, 0.6) is 0 Å². The summed E-state index contributed by atoms with van der Waals surface area (Å²) in [6.45, 7) is 3.76. The topological polar surface area (TPSA) is 46.3 Å². The molecule has 1 fully saturated rings. The molecule has 0 aliphatic carbocycles. The number of para-hydroxylation sites is 1. The molecule has 1 saturated heterocycles. The number of amides is 1. The lowest BCUT2D eigenvalue weighted by atomic mass is 9.74. The van der Waals surface area contributed by atoms with E-state index in [0.29, 0.717) is 13.0 Å². The van der Waals surface area contributed by atoms with Crippen molar-refractivity contribution in [2.45, 2.75) is 45.6 Å². The molecule has 2 N–H and O–H groups in total. The Labute approximate surface area is 162 Å². The van der Waals surface area contributed by atoms with Crippen molar-refractivity contribution in [2.24, 2.45) is 5.41 Å². The fourth-order valence-corrected chi connectivity index (χ4v) is 3.82. The lowest BCUT2D eigenvalue weighted by Gasteiger charge is -2.42. The molecule has 1 aliphatic heterocycles. The normalized spacial score (nSPS) is 19.4. The highest BCUT2D eigenvalue weighted by Gasteiger charge is 2.36. The summed E-state index contributed by atoms with van der Waals surface area (Å²) in [5, 5.41) is 0. The highest BCUT2D eigenvalue weighted by Crippen LogP contribution is 2.38. The Kier molecular flexibility index (Phi) is 6.19. The number of benzene rings is 2. The molecule has 0 spiro atoms. The second-order valence-corrected chi connectivity index (χ2v) is 7.48. The first-order chi connectivity index (χ1) is 13.1. The number of rotatable bonds is 5. The minimum atomic E-state index is 0.166. The molecule has 3 heteroatoms. The molecule has 1 unspecified atom stereocenters. The Morgan fingerprint density at radius 2 is 1.85 bits per heavy atom. The zero-order chi connectivity index (χ0) is 19.1. The van der Waals surface area contributed by atoms with E-state index in [9.17, 15) is 4.79 Å². The predicted octanol–water partition coefficient (Wildman–Crippen LogP) is 4.62. The maximum atomic E-state index is 12.4. The summed E-state index contributed by atoms with van der Waals surface area (Å²) < 4.78 is 0. The number of hydrogen-bond donors (Lipinski definition) is 1. The van der Waals surface area contributed by atoms with E-state index in [4.69, 9.17) is 5.73 Å². The predicted molar refractivity (Wildman–Crippen MR) is 111 cm³/mol. The third-order valence-electron chi connectivity index (χ3n) is 5.68. The van der Waals surface area contributed by atoms with Crippen LogP contribution in [0.3, 0.4) is 0 Å². The summed E-state index contributed by atoms with van der Waals surface area (Å²) in [6.07, 6.45) is 4.51. The van der Waals surface area contributed by atoms with Gasteiger partial charge in [-0.1, -0.05) is 61.2 Å². The number of nitrogens with two attached hydrogens (primary N) is 1. The first-order valence-corrected chi connectivity index (χ1v) is 9.77. The number of anilines is 1. The molecule has 3 rings (SSSR count). The van der Waals surface area contributed by atoms with E-state index in [1.165, 1.54) is 5.56 Å². The van der Waals surface area contributed by atoms with Crippen LogP contribution in [-0.2, 0) is 11.3 Å². The van der Waals surface area contributed by atoms with Gasteiger partial charge in [-0.15, -0.1) is 0 Å². The molecule has 140 valence electrons. The zero-order valence-corrected chi connectivity index (χ0v) is 16.1. The molecule has 0 bridgehead atoms. The lowest BCUT2D eigenvalue weighted by Crippen LogP contribution is -2.45. The van der Waals surface area contributed by atoms with Crippen LogP contribution in [0, 0.1) is 17.3 Å². The molecule has 1 heterocycles. The molecule has 1 aliphatic rings. The van der Waals surface area contributed by atoms with Gasteiger partial charge in [0.2, 0.25) is 5.91 Å². The van der Waals surface area contributed by atoms with E-state index in [2.05, 4.69) is 30.9 Å². The van der Waals surface area contributed by atoms with E-state index >= 15 is 0 Å². The quantitative estimate of drug-likeness (QED) is 0.625. The van der Waals surface area contributed by atoms with Crippen LogP contribution >= 0.6 is 0 Å². The number of carbonyl (C=O) groups excluding carboxylic acids is 1. The fraction of sp³-hybridized carbons (Fsp3) is 0.375. The monoisotopic (exact) mass is 360 g/mol. The maximum Gasteiger partial charge on any atom is 0.222 e. The van der Waals surface area contributed by atoms with Gasteiger partial charge in [0, 0.05) is 37.2 Å². The highest BCUT2D eigenvalue weighted by atomic mass is 16.2. The second-order valence-electron chi connectivity index (χ2n) is 7.48. The largest absolute Gasteiger partial charge is 0.398 e. The van der Waals surface area contributed by atoms with Gasteiger partial charge in [0.05, 0.1) is 0 Å². The second kappa shape index (κ2) is 8.77. The van der Waals surface area contributed by atoms with Crippen LogP contribution in [0.25, 0.3) is 0 Å². The van der Waals surface area contributed by atoms with Crippen LogP contribution in [0.2, 0.25) is 0 Å². The van der Waals surface area contributed by atoms with Gasteiger partial charge >= 0.3 is 0 Å². The van der Waals surface area contributed by atoms with Crippen molar-refractivity contribution in [3.8, 4) is 11.8 Å². The number of piperidine rings is 1. The molecular formula is C24H28N2O. The number of hydrogen-bond acceptors (Lipinski definition) is 2. The third-order valence-corrected chi connectivity index (χ3v) is 5.68. The summed E-state index contributed by atoms with van der Waals surface area (Å²) in [5.41, 5.74) is 8.94. The van der Waals surface area contributed by atoms with Gasteiger partial charge in [0.1, 0.15) is 0 Å². The van der Waals surface area contributed by atoms with Crippen molar-refractivity contribution in [2.75, 3.05) is 12.3 Å². The number of nitrogens with zero attached hydrogens (tertiary/aromatic N) is 1. The summed E-state index contributed by atoms with van der Waals surface area (Å²) in [5.74, 6) is 6.76. The molecule has 2 aromatic carbocycles. The molecule has 0 saturated carbocycles. The summed E-state index contributed by atoms with van der Waals surface area (Å²) >= 11 is 0. The molecule has 3 nitrogen and oxygen atoms in total. The molecule has 2 aromatic rings. The molecule has 27 heavy (non-hydrogen) atoms. The average Bonchev–Trinajstić information content (AvgIpc) is 2.70. The van der Waals surface area contributed by atoms with Crippen molar-refractivity contribution in [1.82, 2.24) is 4.90 Å². The van der Waals surface area contributed by atoms with Gasteiger partial charge in [-0.2, -0.15) is 0 Å². The van der Waals surface area contributed by atoms with Gasteiger partial charge in [-0.25, -0.2) is 0 Å². The maximum absolute atomic E-state index is 12.4. The minimum Gasteiger partial charge on any atom is -0.398 e.